The second-order valence-corrected chi connectivity index (χ2v) is 6.42. The van der Waals surface area contributed by atoms with Crippen LogP contribution in [0.25, 0.3) is 0 Å². The Morgan fingerprint density at radius 3 is 2.67 bits per heavy atom. The van der Waals surface area contributed by atoms with Gasteiger partial charge in [0.2, 0.25) is 5.91 Å². The SMILES string of the molecule is COc1ccc(CCC(=O)NCC2(OC)CCSC2)cc1. The highest BCUT2D eigenvalue weighted by atomic mass is 32.2. The third-order valence-corrected chi connectivity index (χ3v) is 5.13. The number of hydrogen-bond donors (Lipinski definition) is 1. The number of nitrogens with one attached hydrogen (secondary N) is 1. The topological polar surface area (TPSA) is 47.6 Å². The molecule has 1 unspecified atom stereocenters. The molecule has 0 radical (unpaired) electrons. The first-order valence-corrected chi connectivity index (χ1v) is 8.35. The predicted octanol–water partition coefficient (Wildman–Crippen LogP) is 2.27. The number of ether oxygens (including phenoxy) is 2. The Hall–Kier alpha value is -1.20. The van der Waals surface area contributed by atoms with E-state index in [2.05, 4.69) is 5.32 Å². The molecule has 5 heteroatoms. The quantitative estimate of drug-likeness (QED) is 0.839. The van der Waals surface area contributed by atoms with Crippen LogP contribution in [0.5, 0.6) is 5.75 Å². The molecule has 116 valence electrons. The number of carbonyl (C=O) groups is 1. The minimum Gasteiger partial charge on any atom is -0.497 e. The van der Waals surface area contributed by atoms with Gasteiger partial charge in [0, 0.05) is 25.8 Å². The van der Waals surface area contributed by atoms with Crippen molar-refractivity contribution in [3.05, 3.63) is 29.8 Å². The summed E-state index contributed by atoms with van der Waals surface area (Å²) in [5, 5.41) is 3.01. The van der Waals surface area contributed by atoms with E-state index in [1.807, 2.05) is 36.0 Å². The predicted molar refractivity (Wildman–Crippen MR) is 86.0 cm³/mol. The van der Waals surface area contributed by atoms with Crippen molar-refractivity contribution < 1.29 is 14.3 Å². The fraction of sp³-hybridized carbons (Fsp3) is 0.562. The van der Waals surface area contributed by atoms with Crippen molar-refractivity contribution in [2.75, 3.05) is 32.3 Å². The Morgan fingerprint density at radius 1 is 1.33 bits per heavy atom. The van der Waals surface area contributed by atoms with Crippen molar-refractivity contribution in [2.24, 2.45) is 0 Å². The van der Waals surface area contributed by atoms with Crippen LogP contribution in [0.2, 0.25) is 0 Å². The molecule has 4 nitrogen and oxygen atoms in total. The summed E-state index contributed by atoms with van der Waals surface area (Å²) in [6.45, 7) is 0.609. The summed E-state index contributed by atoms with van der Waals surface area (Å²) in [6, 6.07) is 7.83. The van der Waals surface area contributed by atoms with E-state index in [9.17, 15) is 4.79 Å². The summed E-state index contributed by atoms with van der Waals surface area (Å²) in [7, 11) is 3.38. The highest BCUT2D eigenvalue weighted by molar-refractivity contribution is 7.99. The zero-order valence-electron chi connectivity index (χ0n) is 12.7. The first-order valence-electron chi connectivity index (χ1n) is 7.20. The minimum absolute atomic E-state index is 0.0825. The van der Waals surface area contributed by atoms with Crippen molar-refractivity contribution in [3.8, 4) is 5.75 Å². The largest absolute Gasteiger partial charge is 0.497 e. The van der Waals surface area contributed by atoms with E-state index in [0.29, 0.717) is 13.0 Å². The fourth-order valence-corrected chi connectivity index (χ4v) is 3.76. The number of hydrogen-bond acceptors (Lipinski definition) is 4. The number of amides is 1. The first-order chi connectivity index (χ1) is 10.2. The molecule has 1 heterocycles. The molecular weight excluding hydrogens is 286 g/mol. The van der Waals surface area contributed by atoms with Crippen LogP contribution >= 0.6 is 11.8 Å². The van der Waals surface area contributed by atoms with E-state index < -0.39 is 0 Å². The van der Waals surface area contributed by atoms with Gasteiger partial charge < -0.3 is 14.8 Å². The van der Waals surface area contributed by atoms with Crippen LogP contribution in [-0.2, 0) is 16.0 Å². The van der Waals surface area contributed by atoms with Crippen molar-refractivity contribution in [2.45, 2.75) is 24.9 Å². The molecule has 1 N–H and O–H groups in total. The molecule has 1 aliphatic rings. The van der Waals surface area contributed by atoms with Crippen molar-refractivity contribution >= 4 is 17.7 Å². The van der Waals surface area contributed by atoms with Gasteiger partial charge in [0.1, 0.15) is 5.75 Å². The lowest BCUT2D eigenvalue weighted by Gasteiger charge is -2.26. The van der Waals surface area contributed by atoms with E-state index >= 15 is 0 Å². The summed E-state index contributed by atoms with van der Waals surface area (Å²) < 4.78 is 10.7. The molecule has 1 aromatic carbocycles. The lowest BCUT2D eigenvalue weighted by Crippen LogP contribution is -2.44. The number of carbonyl (C=O) groups excluding carboxylic acids is 1. The molecule has 0 saturated carbocycles. The van der Waals surface area contributed by atoms with Gasteiger partial charge in [0.25, 0.3) is 0 Å². The maximum atomic E-state index is 12.0. The molecule has 1 amide bonds. The third kappa shape index (κ3) is 4.64. The number of thioether (sulfide) groups is 1. The van der Waals surface area contributed by atoms with Gasteiger partial charge in [-0.2, -0.15) is 11.8 Å². The average Bonchev–Trinajstić information content (AvgIpc) is 3.01. The van der Waals surface area contributed by atoms with Crippen LogP contribution in [0.3, 0.4) is 0 Å². The van der Waals surface area contributed by atoms with Gasteiger partial charge in [0.05, 0.1) is 12.7 Å². The molecule has 0 aromatic heterocycles. The molecule has 0 bridgehead atoms. The number of aryl methyl sites for hydroxylation is 1. The molecule has 1 aromatic rings. The zero-order chi connectivity index (χ0) is 15.1. The molecule has 2 rings (SSSR count). The molecule has 1 atom stereocenters. The molecule has 1 fully saturated rings. The van der Waals surface area contributed by atoms with Crippen LogP contribution in [-0.4, -0.2) is 43.8 Å². The van der Waals surface area contributed by atoms with Gasteiger partial charge >= 0.3 is 0 Å². The standard InChI is InChI=1S/C16H23NO3S/c1-19-14-6-3-13(4-7-14)5-8-15(18)17-11-16(20-2)9-10-21-12-16/h3-4,6-7H,5,8-12H2,1-2H3,(H,17,18). The van der Waals surface area contributed by atoms with Gasteiger partial charge in [-0.05, 0) is 36.3 Å². The Balaban J connectivity index is 1.74. The average molecular weight is 309 g/mol. The maximum Gasteiger partial charge on any atom is 0.220 e. The van der Waals surface area contributed by atoms with Gasteiger partial charge in [0.15, 0.2) is 0 Å². The first kappa shape index (κ1) is 16.2. The van der Waals surface area contributed by atoms with Crippen LogP contribution in [0, 0.1) is 0 Å². The summed E-state index contributed by atoms with van der Waals surface area (Å²) in [5.74, 6) is 2.99. The third-order valence-electron chi connectivity index (χ3n) is 3.91. The number of methoxy groups -OCH3 is 2. The second-order valence-electron chi connectivity index (χ2n) is 5.31. The molecule has 0 aliphatic carbocycles. The zero-order valence-corrected chi connectivity index (χ0v) is 13.5. The Labute approximate surface area is 130 Å². The van der Waals surface area contributed by atoms with E-state index in [0.717, 1.165) is 35.7 Å². The fourth-order valence-electron chi connectivity index (χ4n) is 2.36. The minimum atomic E-state index is -0.166. The lowest BCUT2D eigenvalue weighted by molar-refractivity contribution is -0.122. The van der Waals surface area contributed by atoms with Gasteiger partial charge in [-0.15, -0.1) is 0 Å². The second kappa shape index (κ2) is 7.71. The van der Waals surface area contributed by atoms with Crippen LogP contribution < -0.4 is 10.1 Å². The van der Waals surface area contributed by atoms with E-state index in [4.69, 9.17) is 9.47 Å². The summed E-state index contributed by atoms with van der Waals surface area (Å²) in [6.07, 6.45) is 2.25. The number of rotatable bonds is 7. The molecule has 0 spiro atoms. The van der Waals surface area contributed by atoms with E-state index in [1.54, 1.807) is 14.2 Å². The van der Waals surface area contributed by atoms with Gasteiger partial charge in [-0.3, -0.25) is 4.79 Å². The Morgan fingerprint density at radius 2 is 2.10 bits per heavy atom. The highest BCUT2D eigenvalue weighted by Crippen LogP contribution is 2.30. The molecule has 21 heavy (non-hydrogen) atoms. The van der Waals surface area contributed by atoms with Crippen molar-refractivity contribution in [1.82, 2.24) is 5.32 Å². The van der Waals surface area contributed by atoms with E-state index in [1.165, 1.54) is 0 Å². The number of benzene rings is 1. The Kier molecular flexibility index (Phi) is 5.94. The van der Waals surface area contributed by atoms with Crippen LogP contribution in [0.1, 0.15) is 18.4 Å². The highest BCUT2D eigenvalue weighted by Gasteiger charge is 2.34. The van der Waals surface area contributed by atoms with Crippen LogP contribution in [0.4, 0.5) is 0 Å². The van der Waals surface area contributed by atoms with Crippen LogP contribution in [0.15, 0.2) is 24.3 Å². The maximum absolute atomic E-state index is 12.0. The smallest absolute Gasteiger partial charge is 0.220 e. The lowest BCUT2D eigenvalue weighted by atomic mass is 10.0. The van der Waals surface area contributed by atoms with Gasteiger partial charge in [-0.1, -0.05) is 12.1 Å². The summed E-state index contributed by atoms with van der Waals surface area (Å²) >= 11 is 1.88. The molecule has 1 aliphatic heterocycles. The van der Waals surface area contributed by atoms with E-state index in [-0.39, 0.29) is 11.5 Å². The summed E-state index contributed by atoms with van der Waals surface area (Å²) in [5.41, 5.74) is 0.976. The summed E-state index contributed by atoms with van der Waals surface area (Å²) in [4.78, 5) is 12.0. The molecule has 1 saturated heterocycles. The van der Waals surface area contributed by atoms with Crippen molar-refractivity contribution in [3.63, 3.8) is 0 Å². The van der Waals surface area contributed by atoms with Crippen molar-refractivity contribution in [1.29, 1.82) is 0 Å². The van der Waals surface area contributed by atoms with Gasteiger partial charge in [-0.25, -0.2) is 0 Å². The normalized spacial score (nSPS) is 21.2. The monoisotopic (exact) mass is 309 g/mol. The molecular formula is C16H23NO3S. The Bertz CT molecular complexity index is 455.